The molecule has 1 aromatic heterocycles. The molecule has 0 spiro atoms. The number of hydrogen-bond donors (Lipinski definition) is 1. The van der Waals surface area contributed by atoms with E-state index in [4.69, 9.17) is 23.7 Å². The summed E-state index contributed by atoms with van der Waals surface area (Å²) in [7, 11) is 1.37. The highest BCUT2D eigenvalue weighted by atomic mass is 16.6. The molecule has 0 aliphatic carbocycles. The van der Waals surface area contributed by atoms with Crippen molar-refractivity contribution in [3.05, 3.63) is 47.8 Å². The van der Waals surface area contributed by atoms with Crippen LogP contribution in [0.15, 0.2) is 36.5 Å². The number of pyridine rings is 1. The second kappa shape index (κ2) is 13.9. The second-order valence-electron chi connectivity index (χ2n) is 10.1. The summed E-state index contributed by atoms with van der Waals surface area (Å²) in [4.78, 5) is 42.0. The second-order valence-corrected chi connectivity index (χ2v) is 10.1. The van der Waals surface area contributed by atoms with Crippen molar-refractivity contribution >= 4 is 17.8 Å². The highest BCUT2D eigenvalue weighted by Crippen LogP contribution is 2.30. The largest absolute Gasteiger partial charge is 0.493 e. The van der Waals surface area contributed by atoms with Gasteiger partial charge in [0.1, 0.15) is 18.0 Å². The highest BCUT2D eigenvalue weighted by Gasteiger charge is 2.37. The topological polar surface area (TPSA) is 122 Å². The average molecular weight is 543 g/mol. The maximum absolute atomic E-state index is 13.2. The number of ether oxygens (including phenoxy) is 5. The minimum Gasteiger partial charge on any atom is -0.493 e. The van der Waals surface area contributed by atoms with Crippen LogP contribution in [0.4, 0.5) is 0 Å². The van der Waals surface area contributed by atoms with Crippen LogP contribution in [-0.4, -0.2) is 61.4 Å². The minimum atomic E-state index is -1.12. The van der Waals surface area contributed by atoms with Crippen molar-refractivity contribution in [2.75, 3.05) is 20.3 Å². The van der Waals surface area contributed by atoms with Gasteiger partial charge in [0.15, 0.2) is 17.5 Å². The lowest BCUT2D eigenvalue weighted by Crippen LogP contribution is -2.47. The van der Waals surface area contributed by atoms with Gasteiger partial charge in [-0.25, -0.2) is 9.78 Å². The van der Waals surface area contributed by atoms with Crippen molar-refractivity contribution in [3.8, 4) is 17.2 Å². The standard InChI is InChI=1S/C29H38N2O8/c1-17(2)7-10-21-15-36-16-23(29(34)37-19(4)26(21)39-22-11-8-18(3)9-12-22)31-28(33)25-27(38-20(5)32)24(35-6)13-14-30-25/h8-9,11-14,17,19,21,23,26H,7,10,15-16H2,1-6H3,(H,31,33)/t19-,21-,23-,26-/m0/s1. The number of methoxy groups -OCH3 is 1. The van der Waals surface area contributed by atoms with Gasteiger partial charge < -0.3 is 29.0 Å². The number of amides is 1. The number of nitrogens with one attached hydrogen (secondary N) is 1. The van der Waals surface area contributed by atoms with Crippen LogP contribution in [0.3, 0.4) is 0 Å². The number of esters is 2. The van der Waals surface area contributed by atoms with Gasteiger partial charge in [0.05, 0.1) is 20.3 Å². The Morgan fingerprint density at radius 3 is 2.51 bits per heavy atom. The van der Waals surface area contributed by atoms with Crippen molar-refractivity contribution in [3.63, 3.8) is 0 Å². The SMILES string of the molecule is COc1ccnc(C(=O)N[C@H]2COC[C@H](CCC(C)C)[C@@H](Oc3ccc(C)cc3)[C@H](C)OC2=O)c1OC(C)=O. The molecule has 1 aliphatic rings. The monoisotopic (exact) mass is 542 g/mol. The molecule has 3 rings (SSSR count). The molecule has 1 fully saturated rings. The highest BCUT2D eigenvalue weighted by molar-refractivity contribution is 5.98. The summed E-state index contributed by atoms with van der Waals surface area (Å²) in [6, 6.07) is 8.04. The summed E-state index contributed by atoms with van der Waals surface area (Å²) in [5.41, 5.74) is 0.901. The van der Waals surface area contributed by atoms with Gasteiger partial charge in [-0.3, -0.25) is 9.59 Å². The number of benzene rings is 1. The van der Waals surface area contributed by atoms with Crippen LogP contribution in [0.5, 0.6) is 17.2 Å². The van der Waals surface area contributed by atoms with E-state index in [9.17, 15) is 14.4 Å². The van der Waals surface area contributed by atoms with Crippen molar-refractivity contribution < 1.29 is 38.1 Å². The van der Waals surface area contributed by atoms with Gasteiger partial charge in [0.25, 0.3) is 5.91 Å². The third kappa shape index (κ3) is 8.41. The van der Waals surface area contributed by atoms with E-state index in [1.165, 1.54) is 26.3 Å². The van der Waals surface area contributed by atoms with Gasteiger partial charge in [-0.1, -0.05) is 38.0 Å². The van der Waals surface area contributed by atoms with Crippen molar-refractivity contribution in [2.24, 2.45) is 11.8 Å². The Bertz CT molecular complexity index is 1130. The van der Waals surface area contributed by atoms with Crippen LogP contribution in [-0.2, 0) is 19.1 Å². The van der Waals surface area contributed by atoms with Gasteiger partial charge >= 0.3 is 11.9 Å². The maximum atomic E-state index is 13.2. The zero-order valence-electron chi connectivity index (χ0n) is 23.4. The van der Waals surface area contributed by atoms with Gasteiger partial charge in [-0.2, -0.15) is 0 Å². The van der Waals surface area contributed by atoms with Crippen molar-refractivity contribution in [1.29, 1.82) is 0 Å². The average Bonchev–Trinajstić information content (AvgIpc) is 2.93. The molecule has 39 heavy (non-hydrogen) atoms. The Labute approximate surface area is 229 Å². The molecule has 2 heterocycles. The fraction of sp³-hybridized carbons (Fsp3) is 0.517. The number of cyclic esters (lactones) is 1. The summed E-state index contributed by atoms with van der Waals surface area (Å²) in [5, 5.41) is 2.61. The maximum Gasteiger partial charge on any atom is 0.331 e. The van der Waals surface area contributed by atoms with E-state index in [1.807, 2.05) is 31.2 Å². The minimum absolute atomic E-state index is 0.0541. The first-order valence-corrected chi connectivity index (χ1v) is 13.1. The number of hydrogen-bond acceptors (Lipinski definition) is 9. The van der Waals surface area contributed by atoms with Crippen LogP contribution in [0.1, 0.15) is 56.6 Å². The smallest absolute Gasteiger partial charge is 0.331 e. The fourth-order valence-corrected chi connectivity index (χ4v) is 4.30. The molecule has 10 heteroatoms. The lowest BCUT2D eigenvalue weighted by molar-refractivity contribution is -0.156. The number of aromatic nitrogens is 1. The predicted molar refractivity (Wildman–Crippen MR) is 143 cm³/mol. The van der Waals surface area contributed by atoms with E-state index in [2.05, 4.69) is 24.1 Å². The fourth-order valence-electron chi connectivity index (χ4n) is 4.30. The van der Waals surface area contributed by atoms with Crippen LogP contribution >= 0.6 is 0 Å². The summed E-state index contributed by atoms with van der Waals surface area (Å²) >= 11 is 0. The van der Waals surface area contributed by atoms with Crippen LogP contribution in [0, 0.1) is 18.8 Å². The molecule has 1 aromatic carbocycles. The first-order valence-electron chi connectivity index (χ1n) is 13.1. The normalized spacial score (nSPS) is 21.7. The molecule has 0 unspecified atom stereocenters. The Morgan fingerprint density at radius 1 is 1.15 bits per heavy atom. The first kappa shape index (κ1) is 29.9. The van der Waals surface area contributed by atoms with Crippen LogP contribution in [0.2, 0.25) is 0 Å². The molecular formula is C29H38N2O8. The number of aryl methyl sites for hydroxylation is 1. The number of carbonyl (C=O) groups excluding carboxylic acids is 3. The molecule has 1 aliphatic heterocycles. The molecule has 0 radical (unpaired) electrons. The van der Waals surface area contributed by atoms with Crippen molar-refractivity contribution in [1.82, 2.24) is 10.3 Å². The number of carbonyl (C=O) groups is 3. The van der Waals surface area contributed by atoms with E-state index in [-0.39, 0.29) is 29.7 Å². The molecule has 2 aromatic rings. The van der Waals surface area contributed by atoms with Gasteiger partial charge in [0.2, 0.25) is 5.75 Å². The Kier molecular flexibility index (Phi) is 10.7. The molecule has 1 saturated heterocycles. The lowest BCUT2D eigenvalue weighted by atomic mass is 9.91. The van der Waals surface area contributed by atoms with E-state index < -0.39 is 36.1 Å². The molecule has 1 amide bonds. The van der Waals surface area contributed by atoms with Crippen LogP contribution < -0.4 is 19.5 Å². The summed E-state index contributed by atoms with van der Waals surface area (Å²) in [5.74, 6) is -0.963. The molecule has 212 valence electrons. The third-order valence-corrected chi connectivity index (χ3v) is 6.39. The van der Waals surface area contributed by atoms with E-state index in [0.717, 1.165) is 18.4 Å². The summed E-state index contributed by atoms with van der Waals surface area (Å²) in [6.07, 6.45) is 2.02. The molecule has 0 bridgehead atoms. The molecule has 4 atom stereocenters. The summed E-state index contributed by atoms with van der Waals surface area (Å²) in [6.45, 7) is 9.48. The number of rotatable bonds is 9. The predicted octanol–water partition coefficient (Wildman–Crippen LogP) is 3.88. The van der Waals surface area contributed by atoms with Gasteiger partial charge in [-0.15, -0.1) is 0 Å². The molecular weight excluding hydrogens is 504 g/mol. The third-order valence-electron chi connectivity index (χ3n) is 6.39. The van der Waals surface area contributed by atoms with E-state index in [0.29, 0.717) is 18.3 Å². The lowest BCUT2D eigenvalue weighted by Gasteiger charge is -2.31. The zero-order valence-corrected chi connectivity index (χ0v) is 23.4. The first-order chi connectivity index (χ1) is 18.6. The van der Waals surface area contributed by atoms with Gasteiger partial charge in [0, 0.05) is 25.1 Å². The van der Waals surface area contributed by atoms with Gasteiger partial charge in [-0.05, 0) is 38.3 Å². The zero-order chi connectivity index (χ0) is 28.5. The molecule has 10 nitrogen and oxygen atoms in total. The Balaban J connectivity index is 1.82. The summed E-state index contributed by atoms with van der Waals surface area (Å²) < 4.78 is 28.5. The Morgan fingerprint density at radius 2 is 1.87 bits per heavy atom. The Hall–Kier alpha value is -3.66. The quantitative estimate of drug-likeness (QED) is 0.470. The van der Waals surface area contributed by atoms with Crippen molar-refractivity contribution in [2.45, 2.75) is 65.7 Å². The molecule has 1 N–H and O–H groups in total. The van der Waals surface area contributed by atoms with E-state index in [1.54, 1.807) is 6.92 Å². The number of nitrogens with zero attached hydrogens (tertiary/aromatic N) is 1. The van der Waals surface area contributed by atoms with Crippen LogP contribution in [0.25, 0.3) is 0 Å². The molecule has 0 saturated carbocycles. The van der Waals surface area contributed by atoms with E-state index >= 15 is 0 Å².